The highest BCUT2D eigenvalue weighted by molar-refractivity contribution is 5.82. The highest BCUT2D eigenvalue weighted by atomic mass is 16.5. The van der Waals surface area contributed by atoms with Gasteiger partial charge in [0.1, 0.15) is 5.78 Å². The number of carbonyl (C=O) groups excluding carboxylic acids is 2. The maximum Gasteiger partial charge on any atom is 0.307 e. The molecule has 0 spiro atoms. The summed E-state index contributed by atoms with van der Waals surface area (Å²) >= 11 is 0. The number of carbonyl (C=O) groups is 2. The molecular formula is C16H24O3. The van der Waals surface area contributed by atoms with Crippen LogP contribution in [-0.2, 0) is 14.3 Å². The summed E-state index contributed by atoms with van der Waals surface area (Å²) in [6, 6.07) is 0. The molecule has 1 aliphatic carbocycles. The number of ether oxygens (including phenoxy) is 1. The van der Waals surface area contributed by atoms with Gasteiger partial charge in [0, 0.05) is 25.7 Å². The van der Waals surface area contributed by atoms with E-state index in [-0.39, 0.29) is 18.5 Å². The minimum atomic E-state index is -0.216. The third-order valence-corrected chi connectivity index (χ3v) is 3.61. The van der Waals surface area contributed by atoms with Crippen molar-refractivity contribution in [3.05, 3.63) is 0 Å². The summed E-state index contributed by atoms with van der Waals surface area (Å²) in [6.07, 6.45) is 5.65. The Bertz CT molecular complexity index is 362. The molecule has 19 heavy (non-hydrogen) atoms. The first-order valence-electron chi connectivity index (χ1n) is 7.30. The van der Waals surface area contributed by atoms with Crippen LogP contribution in [0.3, 0.4) is 0 Å². The van der Waals surface area contributed by atoms with Crippen molar-refractivity contribution >= 4 is 11.8 Å². The Morgan fingerprint density at radius 3 is 2.68 bits per heavy atom. The van der Waals surface area contributed by atoms with Gasteiger partial charge in [0.25, 0.3) is 0 Å². The van der Waals surface area contributed by atoms with Crippen molar-refractivity contribution in [1.82, 2.24) is 0 Å². The molecule has 0 N–H and O–H groups in total. The molecule has 0 radical (unpaired) electrons. The molecule has 106 valence electrons. The lowest BCUT2D eigenvalue weighted by molar-refractivity contribution is -0.143. The molecule has 2 atom stereocenters. The molecule has 0 heterocycles. The van der Waals surface area contributed by atoms with Gasteiger partial charge in [-0.1, -0.05) is 32.6 Å². The van der Waals surface area contributed by atoms with Crippen LogP contribution in [0.25, 0.3) is 0 Å². The van der Waals surface area contributed by atoms with Crippen molar-refractivity contribution in [1.29, 1.82) is 0 Å². The third kappa shape index (κ3) is 5.92. The summed E-state index contributed by atoms with van der Waals surface area (Å²) in [7, 11) is 0. The van der Waals surface area contributed by atoms with Crippen LogP contribution in [0.1, 0.15) is 58.8 Å². The Balaban J connectivity index is 2.36. The maximum atomic E-state index is 11.7. The van der Waals surface area contributed by atoms with Crippen molar-refractivity contribution in [3.8, 4) is 11.8 Å². The smallest absolute Gasteiger partial charge is 0.307 e. The predicted molar refractivity (Wildman–Crippen MR) is 74.4 cm³/mol. The summed E-state index contributed by atoms with van der Waals surface area (Å²) in [5, 5.41) is 0. The van der Waals surface area contributed by atoms with Gasteiger partial charge in [-0.15, -0.1) is 5.92 Å². The van der Waals surface area contributed by atoms with Crippen LogP contribution in [0.15, 0.2) is 0 Å². The van der Waals surface area contributed by atoms with Crippen molar-refractivity contribution in [2.45, 2.75) is 58.8 Å². The van der Waals surface area contributed by atoms with Gasteiger partial charge in [-0.3, -0.25) is 9.59 Å². The molecule has 3 nitrogen and oxygen atoms in total. The molecule has 3 heteroatoms. The summed E-state index contributed by atoms with van der Waals surface area (Å²) < 4.78 is 5.07. The Morgan fingerprint density at radius 1 is 1.26 bits per heavy atom. The zero-order valence-corrected chi connectivity index (χ0v) is 12.0. The summed E-state index contributed by atoms with van der Waals surface area (Å²) in [6.45, 7) is 4.27. The molecule has 0 aromatic rings. The van der Waals surface area contributed by atoms with Gasteiger partial charge in [0.2, 0.25) is 0 Å². The number of unbranched alkanes of at least 4 members (excludes halogenated alkanes) is 1. The SMILES string of the molecule is CCC#CCOC(=O)CC1CC(=O)CC1CCCC. The highest BCUT2D eigenvalue weighted by Crippen LogP contribution is 2.35. The van der Waals surface area contributed by atoms with E-state index in [1.165, 1.54) is 0 Å². The van der Waals surface area contributed by atoms with Crippen molar-refractivity contribution < 1.29 is 14.3 Å². The maximum absolute atomic E-state index is 11.7. The second-order valence-corrected chi connectivity index (χ2v) is 5.18. The van der Waals surface area contributed by atoms with E-state index < -0.39 is 0 Å². The van der Waals surface area contributed by atoms with E-state index in [9.17, 15) is 9.59 Å². The average Bonchev–Trinajstić information content (AvgIpc) is 2.72. The second kappa shape index (κ2) is 8.74. The van der Waals surface area contributed by atoms with Gasteiger partial charge in [0.15, 0.2) is 6.61 Å². The van der Waals surface area contributed by atoms with E-state index in [1.807, 2.05) is 6.92 Å². The van der Waals surface area contributed by atoms with Gasteiger partial charge < -0.3 is 4.74 Å². The fourth-order valence-corrected chi connectivity index (χ4v) is 2.61. The Kier molecular flexibility index (Phi) is 7.25. The van der Waals surface area contributed by atoms with Crippen molar-refractivity contribution in [2.75, 3.05) is 6.61 Å². The van der Waals surface area contributed by atoms with Crippen LogP contribution in [0.2, 0.25) is 0 Å². The third-order valence-electron chi connectivity index (χ3n) is 3.61. The molecule has 1 aliphatic rings. The zero-order valence-electron chi connectivity index (χ0n) is 12.0. The largest absolute Gasteiger partial charge is 0.452 e. The normalized spacial score (nSPS) is 21.9. The van der Waals surface area contributed by atoms with E-state index in [0.29, 0.717) is 31.0 Å². The molecule has 1 rings (SSSR count). The van der Waals surface area contributed by atoms with Gasteiger partial charge in [-0.05, 0) is 18.3 Å². The van der Waals surface area contributed by atoms with Gasteiger partial charge in [-0.2, -0.15) is 0 Å². The Morgan fingerprint density at radius 2 is 2.00 bits per heavy atom. The van der Waals surface area contributed by atoms with Crippen molar-refractivity contribution in [3.63, 3.8) is 0 Å². The molecular weight excluding hydrogens is 240 g/mol. The van der Waals surface area contributed by atoms with Crippen LogP contribution in [0, 0.1) is 23.7 Å². The lowest BCUT2D eigenvalue weighted by atomic mass is 9.89. The number of ketones is 1. The highest BCUT2D eigenvalue weighted by Gasteiger charge is 2.33. The minimum Gasteiger partial charge on any atom is -0.452 e. The number of hydrogen-bond donors (Lipinski definition) is 0. The fraction of sp³-hybridized carbons (Fsp3) is 0.750. The Hall–Kier alpha value is -1.30. The molecule has 1 saturated carbocycles. The molecule has 0 aromatic heterocycles. The summed E-state index contributed by atoms with van der Waals surface area (Å²) in [4.78, 5) is 23.2. The van der Waals surface area contributed by atoms with E-state index >= 15 is 0 Å². The fourth-order valence-electron chi connectivity index (χ4n) is 2.61. The first-order valence-corrected chi connectivity index (χ1v) is 7.30. The topological polar surface area (TPSA) is 43.4 Å². The second-order valence-electron chi connectivity index (χ2n) is 5.18. The molecule has 0 amide bonds. The summed E-state index contributed by atoms with van der Waals surface area (Å²) in [5.41, 5.74) is 0. The van der Waals surface area contributed by atoms with Gasteiger partial charge >= 0.3 is 5.97 Å². The number of Topliss-reactive ketones (excluding diaryl/α,β-unsaturated/α-hetero) is 1. The summed E-state index contributed by atoms with van der Waals surface area (Å²) in [5.74, 6) is 6.29. The van der Waals surface area contributed by atoms with Crippen molar-refractivity contribution in [2.24, 2.45) is 11.8 Å². The molecule has 0 bridgehead atoms. The number of esters is 1. The van der Waals surface area contributed by atoms with E-state index in [1.54, 1.807) is 0 Å². The quantitative estimate of drug-likeness (QED) is 0.547. The van der Waals surface area contributed by atoms with E-state index in [4.69, 9.17) is 4.74 Å². The zero-order chi connectivity index (χ0) is 14.1. The van der Waals surface area contributed by atoms with Crippen LogP contribution in [-0.4, -0.2) is 18.4 Å². The standard InChI is InChI=1S/C16H24O3/c1-3-5-7-9-19-16(18)12-14-11-15(17)10-13(14)8-6-4-2/h13-14H,3-4,6,8-12H2,1-2H3. The van der Waals surface area contributed by atoms with Crippen LogP contribution >= 0.6 is 0 Å². The molecule has 0 aromatic carbocycles. The molecule has 0 saturated heterocycles. The Labute approximate surface area is 116 Å². The predicted octanol–water partition coefficient (Wildman–Crippen LogP) is 3.12. The van der Waals surface area contributed by atoms with Crippen LogP contribution < -0.4 is 0 Å². The average molecular weight is 264 g/mol. The van der Waals surface area contributed by atoms with Crippen LogP contribution in [0.5, 0.6) is 0 Å². The lowest BCUT2D eigenvalue weighted by Crippen LogP contribution is -2.15. The first kappa shape index (κ1) is 15.8. The van der Waals surface area contributed by atoms with E-state index in [2.05, 4.69) is 18.8 Å². The first-order chi connectivity index (χ1) is 9.17. The van der Waals surface area contributed by atoms with E-state index in [0.717, 1.165) is 25.7 Å². The number of hydrogen-bond acceptors (Lipinski definition) is 3. The monoisotopic (exact) mass is 264 g/mol. The number of rotatable bonds is 6. The molecule has 0 aliphatic heterocycles. The van der Waals surface area contributed by atoms with Crippen LogP contribution in [0.4, 0.5) is 0 Å². The lowest BCUT2D eigenvalue weighted by Gasteiger charge is -2.17. The van der Waals surface area contributed by atoms with Gasteiger partial charge in [-0.25, -0.2) is 0 Å². The van der Waals surface area contributed by atoms with Gasteiger partial charge in [0.05, 0.1) is 0 Å². The molecule has 1 fully saturated rings. The minimum absolute atomic E-state index is 0.174. The molecule has 2 unspecified atom stereocenters.